The summed E-state index contributed by atoms with van der Waals surface area (Å²) >= 11 is 0. The molecule has 1 amide bonds. The number of imidazole rings is 1. The highest BCUT2D eigenvalue weighted by molar-refractivity contribution is 5.91. The first-order chi connectivity index (χ1) is 11.7. The molecule has 1 aliphatic rings. The molecule has 2 aromatic heterocycles. The van der Waals surface area contributed by atoms with E-state index in [1.807, 2.05) is 29.6 Å². The molecular weight excluding hydrogens is 304 g/mol. The minimum atomic E-state index is -0.00869. The Kier molecular flexibility index (Phi) is 5.35. The summed E-state index contributed by atoms with van der Waals surface area (Å²) in [4.78, 5) is 21.0. The van der Waals surface area contributed by atoms with Crippen LogP contribution in [0.2, 0.25) is 0 Å². The van der Waals surface area contributed by atoms with Crippen LogP contribution in [0, 0.1) is 0 Å². The van der Waals surface area contributed by atoms with Crippen LogP contribution in [0.3, 0.4) is 0 Å². The lowest BCUT2D eigenvalue weighted by Gasteiger charge is -2.32. The standard InChI is InChI=1S/C18H26N4O2/c1-3-20(4-2)13-16-7-8-17(24-16)18(23)21-10-5-6-15(12-21)22-11-9-19-14-22/h7-9,11,14-15H,3-6,10,12-13H2,1-2H3/t15-/m0/s1. The van der Waals surface area contributed by atoms with Crippen molar-refractivity contribution in [2.75, 3.05) is 26.2 Å². The lowest BCUT2D eigenvalue weighted by molar-refractivity contribution is 0.0644. The van der Waals surface area contributed by atoms with Gasteiger partial charge in [0, 0.05) is 25.5 Å². The summed E-state index contributed by atoms with van der Waals surface area (Å²) in [6, 6.07) is 4.03. The van der Waals surface area contributed by atoms with Crippen LogP contribution in [0.15, 0.2) is 35.3 Å². The number of carbonyl (C=O) groups is 1. The molecule has 6 heteroatoms. The molecule has 1 aliphatic heterocycles. The van der Waals surface area contributed by atoms with Crippen LogP contribution in [0.5, 0.6) is 0 Å². The Labute approximate surface area is 143 Å². The Bertz CT molecular complexity index is 646. The van der Waals surface area contributed by atoms with Crippen molar-refractivity contribution in [2.45, 2.75) is 39.3 Å². The Hall–Kier alpha value is -2.08. The van der Waals surface area contributed by atoms with Crippen LogP contribution in [-0.2, 0) is 6.54 Å². The summed E-state index contributed by atoms with van der Waals surface area (Å²) in [5.41, 5.74) is 0. The minimum Gasteiger partial charge on any atom is -0.455 e. The third kappa shape index (κ3) is 3.70. The third-order valence-corrected chi connectivity index (χ3v) is 4.78. The van der Waals surface area contributed by atoms with E-state index in [1.54, 1.807) is 6.20 Å². The van der Waals surface area contributed by atoms with Gasteiger partial charge in [0.15, 0.2) is 5.76 Å². The molecule has 0 unspecified atom stereocenters. The zero-order valence-corrected chi connectivity index (χ0v) is 14.5. The number of hydrogen-bond acceptors (Lipinski definition) is 4. The first kappa shape index (κ1) is 16.8. The number of likely N-dealkylation sites (tertiary alicyclic amines) is 1. The maximum absolute atomic E-state index is 12.7. The van der Waals surface area contributed by atoms with Gasteiger partial charge in [0.1, 0.15) is 5.76 Å². The highest BCUT2D eigenvalue weighted by Gasteiger charge is 2.27. The van der Waals surface area contributed by atoms with Gasteiger partial charge in [-0.15, -0.1) is 0 Å². The van der Waals surface area contributed by atoms with Crippen molar-refractivity contribution >= 4 is 5.91 Å². The van der Waals surface area contributed by atoms with E-state index in [4.69, 9.17) is 4.42 Å². The molecule has 0 saturated carbocycles. The molecule has 1 fully saturated rings. The molecule has 3 heterocycles. The Morgan fingerprint density at radius 2 is 2.21 bits per heavy atom. The smallest absolute Gasteiger partial charge is 0.289 e. The largest absolute Gasteiger partial charge is 0.455 e. The maximum Gasteiger partial charge on any atom is 0.289 e. The summed E-state index contributed by atoms with van der Waals surface area (Å²) in [6.07, 6.45) is 7.65. The third-order valence-electron chi connectivity index (χ3n) is 4.78. The second-order valence-corrected chi connectivity index (χ2v) is 6.28. The molecule has 0 spiro atoms. The summed E-state index contributed by atoms with van der Waals surface area (Å²) in [5.74, 6) is 1.29. The predicted octanol–water partition coefficient (Wildman–Crippen LogP) is 2.80. The van der Waals surface area contributed by atoms with E-state index in [0.717, 1.165) is 44.8 Å². The van der Waals surface area contributed by atoms with Gasteiger partial charge in [-0.25, -0.2) is 4.98 Å². The number of rotatable bonds is 6. The molecule has 3 rings (SSSR count). The van der Waals surface area contributed by atoms with Crippen molar-refractivity contribution in [1.82, 2.24) is 19.4 Å². The second-order valence-electron chi connectivity index (χ2n) is 6.28. The van der Waals surface area contributed by atoms with E-state index in [1.165, 1.54) is 0 Å². The van der Waals surface area contributed by atoms with E-state index in [2.05, 4.69) is 28.3 Å². The molecule has 1 atom stereocenters. The molecule has 0 bridgehead atoms. The van der Waals surface area contributed by atoms with Gasteiger partial charge in [-0.3, -0.25) is 9.69 Å². The van der Waals surface area contributed by atoms with E-state index in [-0.39, 0.29) is 5.91 Å². The lowest BCUT2D eigenvalue weighted by Crippen LogP contribution is -2.40. The number of nitrogens with zero attached hydrogens (tertiary/aromatic N) is 4. The zero-order valence-electron chi connectivity index (χ0n) is 14.5. The van der Waals surface area contributed by atoms with Crippen molar-refractivity contribution in [3.63, 3.8) is 0 Å². The molecule has 24 heavy (non-hydrogen) atoms. The summed E-state index contributed by atoms with van der Waals surface area (Å²) in [7, 11) is 0. The topological polar surface area (TPSA) is 54.5 Å². The fourth-order valence-electron chi connectivity index (χ4n) is 3.27. The van der Waals surface area contributed by atoms with Crippen LogP contribution in [0.4, 0.5) is 0 Å². The van der Waals surface area contributed by atoms with Gasteiger partial charge in [0.2, 0.25) is 0 Å². The monoisotopic (exact) mass is 330 g/mol. The van der Waals surface area contributed by atoms with Crippen LogP contribution < -0.4 is 0 Å². The summed E-state index contributed by atoms with van der Waals surface area (Å²) < 4.78 is 7.90. The predicted molar refractivity (Wildman–Crippen MR) is 91.7 cm³/mol. The highest BCUT2D eigenvalue weighted by atomic mass is 16.4. The average Bonchev–Trinajstić information content (AvgIpc) is 3.31. The Morgan fingerprint density at radius 3 is 2.92 bits per heavy atom. The van der Waals surface area contributed by atoms with Crippen LogP contribution >= 0.6 is 0 Å². The van der Waals surface area contributed by atoms with Crippen molar-refractivity contribution < 1.29 is 9.21 Å². The number of carbonyl (C=O) groups excluding carboxylic acids is 1. The zero-order chi connectivity index (χ0) is 16.9. The van der Waals surface area contributed by atoms with Gasteiger partial charge in [-0.1, -0.05) is 13.8 Å². The van der Waals surface area contributed by atoms with Gasteiger partial charge in [-0.05, 0) is 38.1 Å². The normalized spacial score (nSPS) is 18.3. The van der Waals surface area contributed by atoms with Crippen LogP contribution in [0.25, 0.3) is 0 Å². The van der Waals surface area contributed by atoms with Gasteiger partial charge >= 0.3 is 0 Å². The van der Waals surface area contributed by atoms with Crippen molar-refractivity contribution in [3.8, 4) is 0 Å². The van der Waals surface area contributed by atoms with Crippen molar-refractivity contribution in [1.29, 1.82) is 0 Å². The van der Waals surface area contributed by atoms with Crippen molar-refractivity contribution in [2.24, 2.45) is 0 Å². The molecule has 0 N–H and O–H groups in total. The molecule has 130 valence electrons. The SMILES string of the molecule is CCN(CC)Cc1ccc(C(=O)N2CCC[C@H](n3ccnc3)C2)o1. The number of amides is 1. The molecule has 0 aliphatic carbocycles. The molecule has 2 aromatic rings. The lowest BCUT2D eigenvalue weighted by atomic mass is 10.1. The number of aromatic nitrogens is 2. The first-order valence-corrected chi connectivity index (χ1v) is 8.79. The van der Waals surface area contributed by atoms with Gasteiger partial charge in [0.25, 0.3) is 5.91 Å². The molecule has 1 saturated heterocycles. The van der Waals surface area contributed by atoms with Crippen LogP contribution in [0.1, 0.15) is 49.0 Å². The van der Waals surface area contributed by atoms with Crippen molar-refractivity contribution in [3.05, 3.63) is 42.4 Å². The number of hydrogen-bond donors (Lipinski definition) is 0. The van der Waals surface area contributed by atoms with Gasteiger partial charge in [-0.2, -0.15) is 0 Å². The van der Waals surface area contributed by atoms with E-state index in [0.29, 0.717) is 18.3 Å². The Morgan fingerprint density at radius 1 is 1.38 bits per heavy atom. The van der Waals surface area contributed by atoms with Crippen LogP contribution in [-0.4, -0.2) is 51.4 Å². The average molecular weight is 330 g/mol. The minimum absolute atomic E-state index is 0.00869. The van der Waals surface area contributed by atoms with E-state index in [9.17, 15) is 4.79 Å². The highest BCUT2D eigenvalue weighted by Crippen LogP contribution is 2.23. The second kappa shape index (κ2) is 7.66. The first-order valence-electron chi connectivity index (χ1n) is 8.79. The number of piperidine rings is 1. The Balaban J connectivity index is 1.64. The fraction of sp³-hybridized carbons (Fsp3) is 0.556. The van der Waals surface area contributed by atoms with E-state index < -0.39 is 0 Å². The number of furan rings is 1. The van der Waals surface area contributed by atoms with Gasteiger partial charge < -0.3 is 13.9 Å². The molecule has 0 aromatic carbocycles. The maximum atomic E-state index is 12.7. The molecular formula is C18H26N4O2. The molecule has 0 radical (unpaired) electrons. The summed E-state index contributed by atoms with van der Waals surface area (Å²) in [5, 5.41) is 0. The fourth-order valence-corrected chi connectivity index (χ4v) is 3.27. The molecule has 6 nitrogen and oxygen atoms in total. The summed E-state index contributed by atoms with van der Waals surface area (Å²) in [6.45, 7) is 8.44. The van der Waals surface area contributed by atoms with E-state index >= 15 is 0 Å². The van der Waals surface area contributed by atoms with Gasteiger partial charge in [0.05, 0.1) is 18.9 Å². The quantitative estimate of drug-likeness (QED) is 0.817.